The lowest BCUT2D eigenvalue weighted by Crippen LogP contribution is -2.28. The molecule has 2 unspecified atom stereocenters. The van der Waals surface area contributed by atoms with Crippen LogP contribution in [0.5, 0.6) is 5.88 Å². The highest BCUT2D eigenvalue weighted by molar-refractivity contribution is 5.91. The topological polar surface area (TPSA) is 90.1 Å². The highest BCUT2D eigenvalue weighted by Crippen LogP contribution is 2.28. The summed E-state index contributed by atoms with van der Waals surface area (Å²) in [6.45, 7) is 3.06. The third kappa shape index (κ3) is 3.41. The fraction of sp³-hybridized carbons (Fsp3) is 0.615. The Bertz CT molecular complexity index is 421. The summed E-state index contributed by atoms with van der Waals surface area (Å²) in [6, 6.07) is 3.31. The third-order valence-corrected chi connectivity index (χ3v) is 3.37. The van der Waals surface area contributed by atoms with Crippen molar-refractivity contribution >= 4 is 5.91 Å². The molecule has 0 bridgehead atoms. The van der Waals surface area contributed by atoms with Gasteiger partial charge >= 0.3 is 0 Å². The number of hydrogen-bond donors (Lipinski definition) is 2. The summed E-state index contributed by atoms with van der Waals surface area (Å²) in [6.07, 6.45) is 3.36. The predicted octanol–water partition coefficient (Wildman–Crippen LogP) is 0.732. The van der Waals surface area contributed by atoms with E-state index in [1.165, 1.54) is 0 Å². The number of carbonyl (C=O) groups excluding carboxylic acids is 1. The second-order valence-corrected chi connectivity index (χ2v) is 4.70. The van der Waals surface area contributed by atoms with Gasteiger partial charge in [0.1, 0.15) is 6.10 Å². The van der Waals surface area contributed by atoms with Crippen LogP contribution < -0.4 is 15.8 Å². The fourth-order valence-corrected chi connectivity index (χ4v) is 2.34. The Morgan fingerprint density at radius 1 is 1.47 bits per heavy atom. The van der Waals surface area contributed by atoms with Gasteiger partial charge in [-0.05, 0) is 38.8 Å². The monoisotopic (exact) mass is 264 g/mol. The van der Waals surface area contributed by atoms with Gasteiger partial charge in [0.2, 0.25) is 5.88 Å². The molecule has 3 N–H and O–H groups in total. The second-order valence-electron chi connectivity index (χ2n) is 4.70. The molecule has 1 aliphatic carbocycles. The van der Waals surface area contributed by atoms with Gasteiger partial charge in [-0.3, -0.25) is 4.79 Å². The summed E-state index contributed by atoms with van der Waals surface area (Å²) in [5, 5.41) is 10.5. The first-order valence-corrected chi connectivity index (χ1v) is 6.73. The maximum Gasteiger partial charge on any atom is 0.271 e. The SMILES string of the molecule is CCNC(=O)c1ccc(OC2CCCC2CN)nn1. The van der Waals surface area contributed by atoms with E-state index in [9.17, 15) is 4.79 Å². The molecule has 1 saturated carbocycles. The third-order valence-electron chi connectivity index (χ3n) is 3.37. The summed E-state index contributed by atoms with van der Waals surface area (Å²) in [5.41, 5.74) is 6.01. The van der Waals surface area contributed by atoms with E-state index < -0.39 is 0 Å². The van der Waals surface area contributed by atoms with Gasteiger partial charge in [0, 0.05) is 18.5 Å². The van der Waals surface area contributed by atoms with Gasteiger partial charge in [0.25, 0.3) is 5.91 Å². The van der Waals surface area contributed by atoms with Crippen LogP contribution in [0, 0.1) is 5.92 Å². The highest BCUT2D eigenvalue weighted by atomic mass is 16.5. The lowest BCUT2D eigenvalue weighted by molar-refractivity contribution is 0.0949. The first-order chi connectivity index (χ1) is 9.24. The van der Waals surface area contributed by atoms with Crippen LogP contribution in [0.15, 0.2) is 12.1 Å². The molecule has 0 saturated heterocycles. The van der Waals surface area contributed by atoms with Crippen molar-refractivity contribution in [3.8, 4) is 5.88 Å². The number of amides is 1. The zero-order valence-electron chi connectivity index (χ0n) is 11.1. The van der Waals surface area contributed by atoms with Gasteiger partial charge in [-0.1, -0.05) is 0 Å². The van der Waals surface area contributed by atoms with Crippen molar-refractivity contribution in [2.45, 2.75) is 32.3 Å². The van der Waals surface area contributed by atoms with E-state index in [0.717, 1.165) is 19.3 Å². The Morgan fingerprint density at radius 2 is 2.32 bits per heavy atom. The summed E-state index contributed by atoms with van der Waals surface area (Å²) in [4.78, 5) is 11.5. The molecule has 2 atom stereocenters. The van der Waals surface area contributed by atoms with Gasteiger partial charge < -0.3 is 15.8 Å². The zero-order valence-corrected chi connectivity index (χ0v) is 11.1. The number of nitrogens with one attached hydrogen (secondary N) is 1. The molecular formula is C13H20N4O2. The lowest BCUT2D eigenvalue weighted by atomic mass is 10.1. The zero-order chi connectivity index (χ0) is 13.7. The molecule has 1 aromatic rings. The maximum atomic E-state index is 11.5. The molecule has 1 aromatic heterocycles. The van der Waals surface area contributed by atoms with Crippen molar-refractivity contribution in [2.24, 2.45) is 11.7 Å². The first kappa shape index (κ1) is 13.7. The number of rotatable bonds is 5. The quantitative estimate of drug-likeness (QED) is 0.818. The fourth-order valence-electron chi connectivity index (χ4n) is 2.34. The number of aromatic nitrogens is 2. The van der Waals surface area contributed by atoms with E-state index in [1.807, 2.05) is 6.92 Å². The van der Waals surface area contributed by atoms with Gasteiger partial charge in [0.15, 0.2) is 5.69 Å². The number of hydrogen-bond acceptors (Lipinski definition) is 5. The minimum atomic E-state index is -0.220. The Kier molecular flexibility index (Phi) is 4.68. The number of nitrogens with zero attached hydrogens (tertiary/aromatic N) is 2. The van der Waals surface area contributed by atoms with Crippen molar-refractivity contribution in [3.63, 3.8) is 0 Å². The van der Waals surface area contributed by atoms with Gasteiger partial charge in [0.05, 0.1) is 0 Å². The Labute approximate surface area is 112 Å². The maximum absolute atomic E-state index is 11.5. The summed E-state index contributed by atoms with van der Waals surface area (Å²) in [5.74, 6) is 0.630. The molecule has 19 heavy (non-hydrogen) atoms. The highest BCUT2D eigenvalue weighted by Gasteiger charge is 2.28. The minimum absolute atomic E-state index is 0.120. The van der Waals surface area contributed by atoms with E-state index in [1.54, 1.807) is 12.1 Å². The van der Waals surface area contributed by atoms with Crippen molar-refractivity contribution < 1.29 is 9.53 Å². The standard InChI is InChI=1S/C13H20N4O2/c1-2-15-13(18)10-6-7-12(17-16-10)19-11-5-3-4-9(11)8-14/h6-7,9,11H,2-5,8,14H2,1H3,(H,15,18). The van der Waals surface area contributed by atoms with Crippen LogP contribution >= 0.6 is 0 Å². The molecule has 1 heterocycles. The molecule has 104 valence electrons. The van der Waals surface area contributed by atoms with Crippen LogP contribution in [0.1, 0.15) is 36.7 Å². The number of carbonyl (C=O) groups is 1. The van der Waals surface area contributed by atoms with Crippen molar-refractivity contribution in [1.82, 2.24) is 15.5 Å². The van der Waals surface area contributed by atoms with Crippen molar-refractivity contribution in [1.29, 1.82) is 0 Å². The van der Waals surface area contributed by atoms with Gasteiger partial charge in [-0.15, -0.1) is 10.2 Å². The Hall–Kier alpha value is -1.69. The van der Waals surface area contributed by atoms with E-state index >= 15 is 0 Å². The van der Waals surface area contributed by atoms with Crippen LogP contribution in [0.25, 0.3) is 0 Å². The average Bonchev–Trinajstić information content (AvgIpc) is 2.87. The normalized spacial score (nSPS) is 22.2. The molecule has 0 aromatic carbocycles. The van der Waals surface area contributed by atoms with E-state index in [0.29, 0.717) is 30.6 Å². The van der Waals surface area contributed by atoms with Crippen LogP contribution in [-0.2, 0) is 0 Å². The Balaban J connectivity index is 1.97. The average molecular weight is 264 g/mol. The first-order valence-electron chi connectivity index (χ1n) is 6.73. The number of ether oxygens (including phenoxy) is 1. The number of nitrogens with two attached hydrogens (primary N) is 1. The van der Waals surface area contributed by atoms with Gasteiger partial charge in [-0.2, -0.15) is 0 Å². The van der Waals surface area contributed by atoms with E-state index in [-0.39, 0.29) is 12.0 Å². The smallest absolute Gasteiger partial charge is 0.271 e. The molecule has 1 amide bonds. The molecule has 2 rings (SSSR count). The molecule has 0 radical (unpaired) electrons. The van der Waals surface area contributed by atoms with Crippen LogP contribution in [0.4, 0.5) is 0 Å². The second kappa shape index (κ2) is 6.47. The summed E-state index contributed by atoms with van der Waals surface area (Å²) in [7, 11) is 0. The molecule has 1 fully saturated rings. The molecule has 6 heteroatoms. The summed E-state index contributed by atoms with van der Waals surface area (Å²) < 4.78 is 5.79. The van der Waals surface area contributed by atoms with Crippen molar-refractivity contribution in [2.75, 3.05) is 13.1 Å². The molecule has 0 spiro atoms. The van der Waals surface area contributed by atoms with E-state index in [4.69, 9.17) is 10.5 Å². The Morgan fingerprint density at radius 3 is 2.95 bits per heavy atom. The van der Waals surface area contributed by atoms with Crippen LogP contribution in [0.3, 0.4) is 0 Å². The predicted molar refractivity (Wildman–Crippen MR) is 70.9 cm³/mol. The molecule has 0 aliphatic heterocycles. The van der Waals surface area contributed by atoms with Crippen LogP contribution in [0.2, 0.25) is 0 Å². The largest absolute Gasteiger partial charge is 0.473 e. The summed E-state index contributed by atoms with van der Waals surface area (Å²) >= 11 is 0. The molecular weight excluding hydrogens is 244 g/mol. The van der Waals surface area contributed by atoms with Crippen LogP contribution in [-0.4, -0.2) is 35.3 Å². The molecule has 1 aliphatic rings. The van der Waals surface area contributed by atoms with Gasteiger partial charge in [-0.25, -0.2) is 0 Å². The van der Waals surface area contributed by atoms with Crippen molar-refractivity contribution in [3.05, 3.63) is 17.8 Å². The lowest BCUT2D eigenvalue weighted by Gasteiger charge is -2.18. The van der Waals surface area contributed by atoms with E-state index in [2.05, 4.69) is 15.5 Å². The molecule has 6 nitrogen and oxygen atoms in total. The minimum Gasteiger partial charge on any atom is -0.473 e.